The van der Waals surface area contributed by atoms with Crippen molar-refractivity contribution in [1.82, 2.24) is 4.98 Å². The monoisotopic (exact) mass is 322 g/mol. The van der Waals surface area contributed by atoms with E-state index in [2.05, 4.69) is 15.0 Å². The molecule has 118 valence electrons. The SMILES string of the molecule is COC(=O)c1sc(NC(=O)C(C)c2cc(C)oc2C)nc1C. The number of hydrogen-bond acceptors (Lipinski definition) is 6. The van der Waals surface area contributed by atoms with E-state index in [1.165, 1.54) is 7.11 Å². The van der Waals surface area contributed by atoms with Crippen LogP contribution in [0, 0.1) is 20.8 Å². The minimum Gasteiger partial charge on any atom is -0.466 e. The predicted octanol–water partition coefficient (Wildman–Crippen LogP) is 3.19. The van der Waals surface area contributed by atoms with E-state index in [1.54, 1.807) is 13.8 Å². The molecule has 0 bridgehead atoms. The second-order valence-electron chi connectivity index (χ2n) is 5.00. The molecule has 1 unspecified atom stereocenters. The van der Waals surface area contributed by atoms with Crippen molar-refractivity contribution < 1.29 is 18.7 Å². The third kappa shape index (κ3) is 3.19. The van der Waals surface area contributed by atoms with Crippen LogP contribution in [0.15, 0.2) is 10.5 Å². The van der Waals surface area contributed by atoms with Gasteiger partial charge in [-0.3, -0.25) is 4.79 Å². The summed E-state index contributed by atoms with van der Waals surface area (Å²) in [6, 6.07) is 1.85. The average molecular weight is 322 g/mol. The molecular formula is C15H18N2O4S. The van der Waals surface area contributed by atoms with Gasteiger partial charge >= 0.3 is 5.97 Å². The van der Waals surface area contributed by atoms with Gasteiger partial charge in [-0.25, -0.2) is 9.78 Å². The van der Waals surface area contributed by atoms with E-state index >= 15 is 0 Å². The highest BCUT2D eigenvalue weighted by molar-refractivity contribution is 7.17. The maximum absolute atomic E-state index is 12.3. The molecule has 0 saturated carbocycles. The number of aryl methyl sites for hydroxylation is 3. The summed E-state index contributed by atoms with van der Waals surface area (Å²) in [6.07, 6.45) is 0. The number of hydrogen-bond donors (Lipinski definition) is 1. The van der Waals surface area contributed by atoms with Crippen molar-refractivity contribution in [1.29, 1.82) is 0 Å². The predicted molar refractivity (Wildman–Crippen MR) is 83.4 cm³/mol. The topological polar surface area (TPSA) is 81.4 Å². The maximum atomic E-state index is 12.3. The summed E-state index contributed by atoms with van der Waals surface area (Å²) in [6.45, 7) is 7.17. The molecule has 2 rings (SSSR count). The molecule has 0 aliphatic carbocycles. The van der Waals surface area contributed by atoms with Gasteiger partial charge in [0.25, 0.3) is 0 Å². The van der Waals surface area contributed by atoms with Gasteiger partial charge in [-0.2, -0.15) is 0 Å². The Balaban J connectivity index is 2.15. The van der Waals surface area contributed by atoms with Crippen molar-refractivity contribution in [3.63, 3.8) is 0 Å². The van der Waals surface area contributed by atoms with E-state index in [-0.39, 0.29) is 11.8 Å². The number of amides is 1. The first-order valence-electron chi connectivity index (χ1n) is 6.77. The maximum Gasteiger partial charge on any atom is 0.350 e. The summed E-state index contributed by atoms with van der Waals surface area (Å²) in [5.74, 6) is 0.470. The van der Waals surface area contributed by atoms with Crippen LogP contribution >= 0.6 is 11.3 Å². The molecule has 0 saturated heterocycles. The molecule has 0 radical (unpaired) electrons. The molecule has 2 heterocycles. The fraction of sp³-hybridized carbons (Fsp3) is 0.400. The lowest BCUT2D eigenvalue weighted by Crippen LogP contribution is -2.18. The Morgan fingerprint density at radius 1 is 1.36 bits per heavy atom. The fourth-order valence-corrected chi connectivity index (χ4v) is 3.05. The van der Waals surface area contributed by atoms with Crippen LogP contribution in [0.5, 0.6) is 0 Å². The number of carbonyl (C=O) groups is 2. The summed E-state index contributed by atoms with van der Waals surface area (Å²) in [5, 5.41) is 3.12. The number of anilines is 1. The number of rotatable bonds is 4. The third-order valence-electron chi connectivity index (χ3n) is 3.34. The van der Waals surface area contributed by atoms with Gasteiger partial charge in [0, 0.05) is 5.56 Å². The molecule has 0 aliphatic heterocycles. The Morgan fingerprint density at radius 3 is 2.59 bits per heavy atom. The molecule has 1 N–H and O–H groups in total. The summed E-state index contributed by atoms with van der Waals surface area (Å²) < 4.78 is 10.1. The number of methoxy groups -OCH3 is 1. The standard InChI is InChI=1S/C15H18N2O4S/c1-7-6-11(10(4)21-7)8(2)13(18)17-15-16-9(3)12(22-15)14(19)20-5/h6,8H,1-5H3,(H,16,17,18). The minimum atomic E-state index is -0.454. The van der Waals surface area contributed by atoms with Gasteiger partial charge in [-0.05, 0) is 33.8 Å². The summed E-state index contributed by atoms with van der Waals surface area (Å²) in [7, 11) is 1.31. The van der Waals surface area contributed by atoms with Gasteiger partial charge in [0.1, 0.15) is 16.4 Å². The zero-order valence-corrected chi connectivity index (χ0v) is 14.0. The van der Waals surface area contributed by atoms with Gasteiger partial charge < -0.3 is 14.5 Å². The number of esters is 1. The fourth-order valence-electron chi connectivity index (χ4n) is 2.17. The molecule has 22 heavy (non-hydrogen) atoms. The third-order valence-corrected chi connectivity index (χ3v) is 4.39. The number of thiazole rings is 1. The van der Waals surface area contributed by atoms with E-state index < -0.39 is 5.97 Å². The summed E-state index contributed by atoms with van der Waals surface area (Å²) in [4.78, 5) is 28.5. The van der Waals surface area contributed by atoms with Gasteiger partial charge in [-0.15, -0.1) is 0 Å². The molecule has 0 spiro atoms. The highest BCUT2D eigenvalue weighted by atomic mass is 32.1. The zero-order valence-electron chi connectivity index (χ0n) is 13.1. The number of furan rings is 1. The Labute approximate surface area is 132 Å². The van der Waals surface area contributed by atoms with Crippen molar-refractivity contribution in [2.24, 2.45) is 0 Å². The van der Waals surface area contributed by atoms with Crippen LogP contribution in [0.4, 0.5) is 5.13 Å². The van der Waals surface area contributed by atoms with Crippen LogP contribution in [-0.2, 0) is 9.53 Å². The minimum absolute atomic E-state index is 0.200. The largest absolute Gasteiger partial charge is 0.466 e. The Hall–Kier alpha value is -2.15. The molecule has 2 aromatic rings. The van der Waals surface area contributed by atoms with Crippen LogP contribution in [-0.4, -0.2) is 24.0 Å². The molecule has 0 fully saturated rings. The van der Waals surface area contributed by atoms with E-state index in [9.17, 15) is 9.59 Å². The molecule has 7 heteroatoms. The second-order valence-corrected chi connectivity index (χ2v) is 6.00. The molecule has 6 nitrogen and oxygen atoms in total. The van der Waals surface area contributed by atoms with Gasteiger partial charge in [-0.1, -0.05) is 11.3 Å². The normalized spacial score (nSPS) is 12.0. The molecule has 2 aromatic heterocycles. The number of aromatic nitrogens is 1. The quantitative estimate of drug-likeness (QED) is 0.874. The van der Waals surface area contributed by atoms with E-state index in [0.29, 0.717) is 15.7 Å². The van der Waals surface area contributed by atoms with Crippen LogP contribution in [0.1, 0.15) is 45.3 Å². The van der Waals surface area contributed by atoms with Crippen molar-refractivity contribution in [2.75, 3.05) is 12.4 Å². The van der Waals surface area contributed by atoms with Crippen LogP contribution in [0.3, 0.4) is 0 Å². The first kappa shape index (κ1) is 16.2. The molecular weight excluding hydrogens is 304 g/mol. The van der Waals surface area contributed by atoms with E-state index in [4.69, 9.17) is 4.42 Å². The van der Waals surface area contributed by atoms with Crippen LogP contribution in [0.2, 0.25) is 0 Å². The van der Waals surface area contributed by atoms with Gasteiger partial charge in [0.05, 0.1) is 18.7 Å². The van der Waals surface area contributed by atoms with E-state index in [0.717, 1.165) is 28.4 Å². The van der Waals surface area contributed by atoms with Gasteiger partial charge in [0.2, 0.25) is 5.91 Å². The summed E-state index contributed by atoms with van der Waals surface area (Å²) in [5.41, 5.74) is 1.38. The molecule has 0 aliphatic rings. The Bertz CT molecular complexity index is 717. The second kappa shape index (κ2) is 6.31. The van der Waals surface area contributed by atoms with Crippen molar-refractivity contribution >= 4 is 28.3 Å². The van der Waals surface area contributed by atoms with Crippen molar-refractivity contribution in [3.05, 3.63) is 33.7 Å². The lowest BCUT2D eigenvalue weighted by molar-refractivity contribution is -0.117. The molecule has 1 amide bonds. The lowest BCUT2D eigenvalue weighted by atomic mass is 10.0. The van der Waals surface area contributed by atoms with Crippen LogP contribution in [0.25, 0.3) is 0 Å². The van der Waals surface area contributed by atoms with Crippen LogP contribution < -0.4 is 5.32 Å². The van der Waals surface area contributed by atoms with Crippen molar-refractivity contribution in [3.8, 4) is 0 Å². The summed E-state index contributed by atoms with van der Waals surface area (Å²) >= 11 is 1.10. The highest BCUT2D eigenvalue weighted by Gasteiger charge is 2.22. The Morgan fingerprint density at radius 2 is 2.05 bits per heavy atom. The Kier molecular flexibility index (Phi) is 4.65. The average Bonchev–Trinajstić information content (AvgIpc) is 2.99. The first-order valence-corrected chi connectivity index (χ1v) is 7.58. The number of ether oxygens (including phenoxy) is 1. The first-order chi connectivity index (χ1) is 10.3. The number of carbonyl (C=O) groups excluding carboxylic acids is 2. The number of nitrogens with zero attached hydrogens (tertiary/aromatic N) is 1. The smallest absolute Gasteiger partial charge is 0.350 e. The number of nitrogens with one attached hydrogen (secondary N) is 1. The van der Waals surface area contributed by atoms with E-state index in [1.807, 2.05) is 19.9 Å². The lowest BCUT2D eigenvalue weighted by Gasteiger charge is -2.09. The van der Waals surface area contributed by atoms with Gasteiger partial charge in [0.15, 0.2) is 5.13 Å². The molecule has 1 atom stereocenters. The van der Waals surface area contributed by atoms with Crippen molar-refractivity contribution in [2.45, 2.75) is 33.6 Å². The highest BCUT2D eigenvalue weighted by Crippen LogP contribution is 2.27. The zero-order chi connectivity index (χ0) is 16.4. The molecule has 0 aromatic carbocycles.